The highest BCUT2D eigenvalue weighted by molar-refractivity contribution is 7.91. The van der Waals surface area contributed by atoms with Crippen LogP contribution < -0.4 is 5.66 Å². The van der Waals surface area contributed by atoms with E-state index in [-0.39, 0.29) is 15.5 Å². The lowest BCUT2D eigenvalue weighted by molar-refractivity contribution is 0.407. The molecule has 0 aliphatic rings. The number of benzene rings is 1. The van der Waals surface area contributed by atoms with Gasteiger partial charge < -0.3 is 14.5 Å². The quantitative estimate of drug-likeness (QED) is 0.769. The Bertz CT molecular complexity index is 642. The molecule has 1 heterocycles. The van der Waals surface area contributed by atoms with Crippen molar-refractivity contribution in [1.29, 1.82) is 0 Å². The van der Waals surface area contributed by atoms with Gasteiger partial charge in [-0.25, -0.2) is 8.42 Å². The Hall–Kier alpha value is -1.57. The summed E-state index contributed by atoms with van der Waals surface area (Å²) in [4.78, 5) is -0.155. The Balaban J connectivity index is 2.55. The van der Waals surface area contributed by atoms with Gasteiger partial charge in [-0.1, -0.05) is 17.7 Å². The van der Waals surface area contributed by atoms with E-state index in [0.717, 1.165) is 11.8 Å². The van der Waals surface area contributed by atoms with Crippen molar-refractivity contribution in [3.8, 4) is 0 Å². The lowest BCUT2D eigenvalue weighted by Gasteiger charge is -2.04. The van der Waals surface area contributed by atoms with Gasteiger partial charge in [0.25, 0.3) is 0 Å². The zero-order valence-corrected chi connectivity index (χ0v) is 10.4. The number of sulfone groups is 1. The first-order valence-corrected chi connectivity index (χ1v) is 6.66. The maximum Gasteiger partial charge on any atom is 0.527 e. The van der Waals surface area contributed by atoms with Gasteiger partial charge in [0.15, 0.2) is 5.66 Å². The van der Waals surface area contributed by atoms with E-state index < -0.39 is 17.0 Å². The highest BCUT2D eigenvalue weighted by Crippen LogP contribution is 2.20. The summed E-state index contributed by atoms with van der Waals surface area (Å²) in [5.41, 5.74) is 0.555. The van der Waals surface area contributed by atoms with E-state index in [4.69, 9.17) is 14.5 Å². The molecule has 0 unspecified atom stereocenters. The Kier molecular flexibility index (Phi) is 3.29. The molecular weight excluding hydrogens is 255 g/mol. The molecule has 0 amide bonds. The molecule has 7 heteroatoms. The van der Waals surface area contributed by atoms with Crippen LogP contribution in [0.15, 0.2) is 50.8 Å². The van der Waals surface area contributed by atoms with Crippen molar-refractivity contribution in [3.63, 3.8) is 0 Å². The van der Waals surface area contributed by atoms with Gasteiger partial charge in [0.05, 0.1) is 11.2 Å². The van der Waals surface area contributed by atoms with Crippen LogP contribution in [-0.4, -0.2) is 25.6 Å². The number of furan rings is 1. The van der Waals surface area contributed by atoms with Crippen LogP contribution in [0.3, 0.4) is 0 Å². The van der Waals surface area contributed by atoms with Crippen molar-refractivity contribution < 1.29 is 22.9 Å². The molecular formula is C11H11BO5S. The number of hydrogen-bond donors (Lipinski definition) is 2. The molecule has 5 nitrogen and oxygen atoms in total. The molecule has 0 aliphatic heterocycles. The van der Waals surface area contributed by atoms with Gasteiger partial charge >= 0.3 is 7.12 Å². The second-order valence-electron chi connectivity index (χ2n) is 3.84. The standard InChI is InChI=1S/C11H11BO5S/c1-8-2-4-9(5-3-8)18(15,16)10-6-7-17-11(10)12(13)14/h2-7,13-14H,1H3. The van der Waals surface area contributed by atoms with Crippen LogP contribution in [0.4, 0.5) is 0 Å². The fourth-order valence-electron chi connectivity index (χ4n) is 1.56. The molecule has 1 aromatic heterocycles. The van der Waals surface area contributed by atoms with Gasteiger partial charge in [0, 0.05) is 0 Å². The first kappa shape index (κ1) is 12.9. The van der Waals surface area contributed by atoms with Crippen molar-refractivity contribution in [3.05, 3.63) is 42.2 Å². The number of hydrogen-bond acceptors (Lipinski definition) is 5. The molecule has 0 bridgehead atoms. The summed E-state index contributed by atoms with van der Waals surface area (Å²) < 4.78 is 29.3. The SMILES string of the molecule is Cc1ccc(S(=O)(=O)c2ccoc2B(O)O)cc1. The third-order valence-electron chi connectivity index (χ3n) is 2.51. The third-order valence-corrected chi connectivity index (χ3v) is 4.32. The lowest BCUT2D eigenvalue weighted by atomic mass is 9.88. The van der Waals surface area contributed by atoms with Gasteiger partial charge in [0.1, 0.15) is 4.90 Å². The highest BCUT2D eigenvalue weighted by atomic mass is 32.2. The maximum absolute atomic E-state index is 12.2. The molecule has 0 spiro atoms. The van der Waals surface area contributed by atoms with E-state index >= 15 is 0 Å². The van der Waals surface area contributed by atoms with E-state index in [2.05, 4.69) is 0 Å². The second-order valence-corrected chi connectivity index (χ2v) is 5.76. The molecule has 0 radical (unpaired) electrons. The average molecular weight is 266 g/mol. The van der Waals surface area contributed by atoms with E-state index in [1.165, 1.54) is 18.2 Å². The predicted molar refractivity (Wildman–Crippen MR) is 65.2 cm³/mol. The minimum absolute atomic E-state index is 0.0800. The van der Waals surface area contributed by atoms with Crippen molar-refractivity contribution >= 4 is 22.6 Å². The molecule has 2 aromatic rings. The Morgan fingerprint density at radius 1 is 1.11 bits per heavy atom. The molecule has 0 saturated carbocycles. The highest BCUT2D eigenvalue weighted by Gasteiger charge is 2.29. The van der Waals surface area contributed by atoms with Crippen molar-refractivity contribution in [2.24, 2.45) is 0 Å². The number of aryl methyl sites for hydroxylation is 1. The largest absolute Gasteiger partial charge is 0.527 e. The molecule has 1 aromatic carbocycles. The van der Waals surface area contributed by atoms with Gasteiger partial charge in [-0.05, 0) is 25.1 Å². The summed E-state index contributed by atoms with van der Waals surface area (Å²) in [5.74, 6) is 0. The summed E-state index contributed by atoms with van der Waals surface area (Å²) in [6.07, 6.45) is 1.11. The van der Waals surface area contributed by atoms with Crippen LogP contribution in [0, 0.1) is 6.92 Å². The molecule has 2 N–H and O–H groups in total. The molecule has 94 valence electrons. The van der Waals surface area contributed by atoms with Crippen LogP contribution in [0.5, 0.6) is 0 Å². The van der Waals surface area contributed by atoms with Crippen molar-refractivity contribution in [1.82, 2.24) is 0 Å². The first-order chi connectivity index (χ1) is 8.43. The molecule has 0 atom stereocenters. The van der Waals surface area contributed by atoms with Crippen molar-refractivity contribution in [2.45, 2.75) is 16.7 Å². The zero-order chi connectivity index (χ0) is 13.3. The van der Waals surface area contributed by atoms with Crippen LogP contribution in [-0.2, 0) is 9.84 Å². The maximum atomic E-state index is 12.2. The first-order valence-electron chi connectivity index (χ1n) is 5.18. The minimum Gasteiger partial charge on any atom is -0.472 e. The van der Waals surface area contributed by atoms with Gasteiger partial charge in [0.2, 0.25) is 9.84 Å². The summed E-state index contributed by atoms with van der Waals surface area (Å²) in [5, 5.41) is 18.1. The van der Waals surface area contributed by atoms with Gasteiger partial charge in [-0.2, -0.15) is 0 Å². The normalized spacial score (nSPS) is 11.5. The Morgan fingerprint density at radius 2 is 1.72 bits per heavy atom. The van der Waals surface area contributed by atoms with Crippen LogP contribution >= 0.6 is 0 Å². The van der Waals surface area contributed by atoms with E-state index in [0.29, 0.717) is 0 Å². The van der Waals surface area contributed by atoms with Crippen molar-refractivity contribution in [2.75, 3.05) is 0 Å². The van der Waals surface area contributed by atoms with Gasteiger partial charge in [-0.3, -0.25) is 0 Å². The monoisotopic (exact) mass is 266 g/mol. The van der Waals surface area contributed by atoms with E-state index in [1.807, 2.05) is 6.92 Å². The van der Waals surface area contributed by atoms with Crippen LogP contribution in [0.1, 0.15) is 5.56 Å². The number of rotatable bonds is 3. The van der Waals surface area contributed by atoms with Crippen LogP contribution in [0.25, 0.3) is 0 Å². The third kappa shape index (κ3) is 2.20. The average Bonchev–Trinajstić information content (AvgIpc) is 2.79. The van der Waals surface area contributed by atoms with Crippen LogP contribution in [0.2, 0.25) is 0 Å². The summed E-state index contributed by atoms with van der Waals surface area (Å²) in [6, 6.07) is 7.46. The summed E-state index contributed by atoms with van der Waals surface area (Å²) in [7, 11) is -5.76. The van der Waals surface area contributed by atoms with E-state index in [9.17, 15) is 8.42 Å². The lowest BCUT2D eigenvalue weighted by Crippen LogP contribution is -2.32. The molecule has 0 fully saturated rings. The molecule has 2 rings (SSSR count). The Labute approximate surface area is 105 Å². The second kappa shape index (κ2) is 4.60. The minimum atomic E-state index is -3.80. The van der Waals surface area contributed by atoms with E-state index in [1.54, 1.807) is 12.1 Å². The summed E-state index contributed by atoms with van der Waals surface area (Å²) in [6.45, 7) is 1.84. The smallest absolute Gasteiger partial charge is 0.472 e. The molecule has 0 saturated heterocycles. The fourth-order valence-corrected chi connectivity index (χ4v) is 2.97. The topological polar surface area (TPSA) is 87.7 Å². The summed E-state index contributed by atoms with van der Waals surface area (Å²) >= 11 is 0. The van der Waals surface area contributed by atoms with Gasteiger partial charge in [-0.15, -0.1) is 0 Å². The Morgan fingerprint density at radius 3 is 2.28 bits per heavy atom. The predicted octanol–water partition coefficient (Wildman–Crippen LogP) is 0.101. The zero-order valence-electron chi connectivity index (χ0n) is 9.57. The molecule has 18 heavy (non-hydrogen) atoms. The molecule has 0 aliphatic carbocycles. The fraction of sp³-hybridized carbons (Fsp3) is 0.0909.